The molecular formula is C12H11F3N2O. The molecule has 0 aromatic heterocycles. The van der Waals surface area contributed by atoms with Crippen molar-refractivity contribution in [1.82, 2.24) is 5.32 Å². The SMILES string of the molecule is O=C1Nc2cc(C(F)(F)F)ccc2C12CCNC2. The first-order valence-corrected chi connectivity index (χ1v) is 5.67. The Kier molecular flexibility index (Phi) is 2.22. The molecule has 1 aromatic carbocycles. The minimum absolute atomic E-state index is 0.207. The molecule has 2 aliphatic rings. The van der Waals surface area contributed by atoms with Crippen LogP contribution >= 0.6 is 0 Å². The fraction of sp³-hybridized carbons (Fsp3) is 0.417. The van der Waals surface area contributed by atoms with Crippen molar-refractivity contribution in [3.05, 3.63) is 29.3 Å². The second-order valence-corrected chi connectivity index (χ2v) is 4.72. The first kappa shape index (κ1) is 11.5. The van der Waals surface area contributed by atoms with Crippen LogP contribution in [0.5, 0.6) is 0 Å². The summed E-state index contributed by atoms with van der Waals surface area (Å²) in [7, 11) is 0. The van der Waals surface area contributed by atoms with Crippen LogP contribution in [0.4, 0.5) is 18.9 Å². The lowest BCUT2D eigenvalue weighted by atomic mass is 9.81. The first-order chi connectivity index (χ1) is 8.43. The van der Waals surface area contributed by atoms with E-state index >= 15 is 0 Å². The average molecular weight is 256 g/mol. The highest BCUT2D eigenvalue weighted by molar-refractivity contribution is 6.06. The number of alkyl halides is 3. The topological polar surface area (TPSA) is 41.1 Å². The molecule has 1 spiro atoms. The van der Waals surface area contributed by atoms with Gasteiger partial charge >= 0.3 is 6.18 Å². The lowest BCUT2D eigenvalue weighted by molar-refractivity contribution is -0.137. The molecule has 1 saturated heterocycles. The Morgan fingerprint density at radius 2 is 2.06 bits per heavy atom. The Labute approximate surface area is 101 Å². The lowest BCUT2D eigenvalue weighted by Gasteiger charge is -2.19. The van der Waals surface area contributed by atoms with Crippen LogP contribution in [-0.2, 0) is 16.4 Å². The van der Waals surface area contributed by atoms with E-state index < -0.39 is 17.2 Å². The number of hydrogen-bond donors (Lipinski definition) is 2. The van der Waals surface area contributed by atoms with Crippen LogP contribution in [-0.4, -0.2) is 19.0 Å². The summed E-state index contributed by atoms with van der Waals surface area (Å²) < 4.78 is 37.8. The van der Waals surface area contributed by atoms with Crippen molar-refractivity contribution in [3.63, 3.8) is 0 Å². The van der Waals surface area contributed by atoms with Crippen LogP contribution in [0.2, 0.25) is 0 Å². The lowest BCUT2D eigenvalue weighted by Crippen LogP contribution is -2.36. The summed E-state index contributed by atoms with van der Waals surface area (Å²) >= 11 is 0. The fourth-order valence-electron chi connectivity index (χ4n) is 2.72. The Morgan fingerprint density at radius 1 is 1.28 bits per heavy atom. The smallest absolute Gasteiger partial charge is 0.325 e. The van der Waals surface area contributed by atoms with Crippen LogP contribution in [0.1, 0.15) is 17.5 Å². The van der Waals surface area contributed by atoms with Gasteiger partial charge in [-0.2, -0.15) is 13.2 Å². The van der Waals surface area contributed by atoms with Gasteiger partial charge in [0, 0.05) is 12.2 Å². The van der Waals surface area contributed by atoms with Gasteiger partial charge < -0.3 is 10.6 Å². The number of amides is 1. The van der Waals surface area contributed by atoms with Crippen LogP contribution in [0.25, 0.3) is 0 Å². The maximum atomic E-state index is 12.6. The summed E-state index contributed by atoms with van der Waals surface area (Å²) in [4.78, 5) is 12.0. The number of nitrogens with one attached hydrogen (secondary N) is 2. The van der Waals surface area contributed by atoms with Gasteiger partial charge in [-0.3, -0.25) is 4.79 Å². The van der Waals surface area contributed by atoms with Gasteiger partial charge in [0.15, 0.2) is 0 Å². The molecule has 96 valence electrons. The molecule has 1 aromatic rings. The molecule has 18 heavy (non-hydrogen) atoms. The van der Waals surface area contributed by atoms with Gasteiger partial charge in [0.1, 0.15) is 0 Å². The zero-order chi connectivity index (χ0) is 13.0. The van der Waals surface area contributed by atoms with Gasteiger partial charge in [-0.1, -0.05) is 6.07 Å². The van der Waals surface area contributed by atoms with E-state index in [2.05, 4.69) is 10.6 Å². The molecule has 2 aliphatic heterocycles. The van der Waals surface area contributed by atoms with E-state index in [-0.39, 0.29) is 5.91 Å². The molecule has 1 amide bonds. The van der Waals surface area contributed by atoms with Crippen molar-refractivity contribution in [2.24, 2.45) is 0 Å². The first-order valence-electron chi connectivity index (χ1n) is 5.67. The molecule has 0 radical (unpaired) electrons. The van der Waals surface area contributed by atoms with Crippen molar-refractivity contribution >= 4 is 11.6 Å². The Bertz CT molecular complexity index is 519. The second-order valence-electron chi connectivity index (χ2n) is 4.72. The van der Waals surface area contributed by atoms with E-state index in [1.54, 1.807) is 0 Å². The quantitative estimate of drug-likeness (QED) is 0.744. The molecule has 1 unspecified atom stereocenters. The number of anilines is 1. The molecular weight excluding hydrogens is 245 g/mol. The largest absolute Gasteiger partial charge is 0.416 e. The number of carbonyl (C=O) groups is 1. The van der Waals surface area contributed by atoms with Gasteiger partial charge in [0.05, 0.1) is 11.0 Å². The number of fused-ring (bicyclic) bond motifs is 2. The summed E-state index contributed by atoms with van der Waals surface area (Å²) in [5, 5.41) is 5.65. The molecule has 0 aliphatic carbocycles. The van der Waals surface area contributed by atoms with Crippen molar-refractivity contribution < 1.29 is 18.0 Å². The van der Waals surface area contributed by atoms with E-state index in [4.69, 9.17) is 0 Å². The number of rotatable bonds is 0. The van der Waals surface area contributed by atoms with E-state index in [9.17, 15) is 18.0 Å². The van der Waals surface area contributed by atoms with E-state index in [0.717, 1.165) is 12.1 Å². The summed E-state index contributed by atoms with van der Waals surface area (Å²) in [5.41, 5.74) is -0.451. The Balaban J connectivity index is 2.09. The third-order valence-corrected chi connectivity index (χ3v) is 3.70. The molecule has 1 atom stereocenters. The Morgan fingerprint density at radius 3 is 2.67 bits per heavy atom. The third-order valence-electron chi connectivity index (χ3n) is 3.70. The van der Waals surface area contributed by atoms with Gasteiger partial charge in [-0.15, -0.1) is 0 Å². The monoisotopic (exact) mass is 256 g/mol. The molecule has 1 fully saturated rings. The second kappa shape index (κ2) is 3.47. The predicted octanol–water partition coefficient (Wildman–Crippen LogP) is 1.89. The minimum atomic E-state index is -4.39. The van der Waals surface area contributed by atoms with E-state index in [1.807, 2.05) is 0 Å². The maximum absolute atomic E-state index is 12.6. The van der Waals surface area contributed by atoms with Crippen LogP contribution in [0, 0.1) is 0 Å². The highest BCUT2D eigenvalue weighted by Crippen LogP contribution is 2.44. The van der Waals surface area contributed by atoms with Crippen LogP contribution in [0.3, 0.4) is 0 Å². The number of halogens is 3. The predicted molar refractivity (Wildman–Crippen MR) is 59.2 cm³/mol. The fourth-order valence-corrected chi connectivity index (χ4v) is 2.72. The normalized spacial score (nSPS) is 26.5. The van der Waals surface area contributed by atoms with Gasteiger partial charge in [-0.05, 0) is 30.7 Å². The van der Waals surface area contributed by atoms with Crippen molar-refractivity contribution in [2.45, 2.75) is 18.0 Å². The minimum Gasteiger partial charge on any atom is -0.325 e. The molecule has 3 rings (SSSR count). The molecule has 2 N–H and O–H groups in total. The van der Waals surface area contributed by atoms with E-state index in [1.165, 1.54) is 6.07 Å². The van der Waals surface area contributed by atoms with Crippen LogP contribution in [0.15, 0.2) is 18.2 Å². The Hall–Kier alpha value is -1.56. The molecule has 2 heterocycles. The van der Waals surface area contributed by atoms with E-state index in [0.29, 0.717) is 30.8 Å². The van der Waals surface area contributed by atoms with Gasteiger partial charge in [-0.25, -0.2) is 0 Å². The van der Waals surface area contributed by atoms with Crippen molar-refractivity contribution in [1.29, 1.82) is 0 Å². The number of benzene rings is 1. The average Bonchev–Trinajstić information content (AvgIpc) is 2.86. The van der Waals surface area contributed by atoms with Crippen LogP contribution < -0.4 is 10.6 Å². The maximum Gasteiger partial charge on any atom is 0.416 e. The van der Waals surface area contributed by atoms with Crippen molar-refractivity contribution in [3.8, 4) is 0 Å². The van der Waals surface area contributed by atoms with Gasteiger partial charge in [0.2, 0.25) is 5.91 Å². The summed E-state index contributed by atoms with van der Waals surface area (Å²) in [5.74, 6) is -0.207. The summed E-state index contributed by atoms with van der Waals surface area (Å²) in [6, 6.07) is 3.47. The zero-order valence-corrected chi connectivity index (χ0v) is 9.40. The highest BCUT2D eigenvalue weighted by atomic mass is 19.4. The van der Waals surface area contributed by atoms with Crippen molar-refractivity contribution in [2.75, 3.05) is 18.4 Å². The molecule has 0 saturated carbocycles. The molecule has 3 nitrogen and oxygen atoms in total. The summed E-state index contributed by atoms with van der Waals surface area (Å²) in [6.45, 7) is 1.19. The highest BCUT2D eigenvalue weighted by Gasteiger charge is 2.49. The number of carbonyl (C=O) groups excluding carboxylic acids is 1. The van der Waals surface area contributed by atoms with Gasteiger partial charge in [0.25, 0.3) is 0 Å². The molecule has 6 heteroatoms. The molecule has 0 bridgehead atoms. The third kappa shape index (κ3) is 1.45. The summed E-state index contributed by atoms with van der Waals surface area (Å²) in [6.07, 6.45) is -3.76. The zero-order valence-electron chi connectivity index (χ0n) is 9.40. The standard InChI is InChI=1S/C12H11F3N2O/c13-12(14,15)7-1-2-8-9(5-7)17-10(18)11(8)3-4-16-6-11/h1-2,5,16H,3-4,6H2,(H,17,18). The number of hydrogen-bond acceptors (Lipinski definition) is 2.